The first-order chi connectivity index (χ1) is 13.3. The van der Waals surface area contributed by atoms with Crippen LogP contribution >= 0.6 is 11.8 Å². The van der Waals surface area contributed by atoms with Crippen molar-refractivity contribution in [2.24, 2.45) is 0 Å². The molecule has 1 amide bonds. The number of aromatic nitrogens is 3. The van der Waals surface area contributed by atoms with Crippen molar-refractivity contribution in [3.05, 3.63) is 42.4 Å². The lowest BCUT2D eigenvalue weighted by Gasteiger charge is -2.27. The number of carbonyl (C=O) groups excluding carboxylic acids is 1. The van der Waals surface area contributed by atoms with Gasteiger partial charge in [0.25, 0.3) is 0 Å². The van der Waals surface area contributed by atoms with Crippen LogP contribution in [0.5, 0.6) is 5.75 Å². The highest BCUT2D eigenvalue weighted by atomic mass is 32.2. The quantitative estimate of drug-likeness (QED) is 0.679. The molecule has 6 nitrogen and oxygen atoms in total. The fraction of sp³-hybridized carbons (Fsp3) is 0.450. The molecule has 1 aromatic carbocycles. The summed E-state index contributed by atoms with van der Waals surface area (Å²) >= 11 is 1.43. The van der Waals surface area contributed by atoms with E-state index < -0.39 is 0 Å². The zero-order valence-electron chi connectivity index (χ0n) is 15.5. The van der Waals surface area contributed by atoms with Gasteiger partial charge in [0, 0.05) is 11.7 Å². The molecule has 0 N–H and O–H groups in total. The Hall–Kier alpha value is -2.28. The minimum atomic E-state index is 0.172. The average Bonchev–Trinajstić information content (AvgIpc) is 3.43. The van der Waals surface area contributed by atoms with Gasteiger partial charge in [-0.15, -0.1) is 10.2 Å². The van der Waals surface area contributed by atoms with Gasteiger partial charge in [0.1, 0.15) is 12.1 Å². The molecule has 2 aliphatic rings. The van der Waals surface area contributed by atoms with E-state index in [-0.39, 0.29) is 5.91 Å². The third-order valence-electron chi connectivity index (χ3n) is 4.94. The molecule has 142 valence electrons. The molecule has 1 aromatic heterocycles. The Morgan fingerprint density at radius 1 is 1.33 bits per heavy atom. The lowest BCUT2D eigenvalue weighted by atomic mass is 10.0. The van der Waals surface area contributed by atoms with E-state index in [4.69, 9.17) is 4.74 Å². The molecular weight excluding hydrogens is 360 g/mol. The zero-order valence-corrected chi connectivity index (χ0v) is 16.3. The number of hydrogen-bond acceptors (Lipinski definition) is 5. The van der Waals surface area contributed by atoms with Crippen molar-refractivity contribution in [1.82, 2.24) is 19.7 Å². The van der Waals surface area contributed by atoms with Gasteiger partial charge in [0.05, 0.1) is 18.6 Å². The van der Waals surface area contributed by atoms with Crippen LogP contribution in [0.25, 0.3) is 5.69 Å². The maximum Gasteiger partial charge on any atom is 0.237 e. The van der Waals surface area contributed by atoms with Crippen LogP contribution in [0.3, 0.4) is 0 Å². The number of carbonyl (C=O) groups is 1. The molecule has 1 saturated carbocycles. The molecule has 1 heterocycles. The highest BCUT2D eigenvalue weighted by molar-refractivity contribution is 7.99. The summed E-state index contributed by atoms with van der Waals surface area (Å²) in [7, 11) is 1.64. The summed E-state index contributed by atoms with van der Waals surface area (Å²) in [6, 6.07) is 8.13. The van der Waals surface area contributed by atoms with Gasteiger partial charge in [-0.3, -0.25) is 9.36 Å². The first kappa shape index (κ1) is 18.1. The number of thioether (sulfide) groups is 1. The van der Waals surface area contributed by atoms with E-state index in [1.54, 1.807) is 13.4 Å². The Kier molecular flexibility index (Phi) is 5.48. The molecule has 1 fully saturated rings. The third-order valence-corrected chi connectivity index (χ3v) is 5.87. The van der Waals surface area contributed by atoms with Crippen molar-refractivity contribution in [2.45, 2.75) is 49.7 Å². The Bertz CT molecular complexity index is 844. The van der Waals surface area contributed by atoms with Crippen molar-refractivity contribution >= 4 is 17.7 Å². The Labute approximate surface area is 163 Å². The molecule has 0 aliphatic heterocycles. The summed E-state index contributed by atoms with van der Waals surface area (Å²) in [6.45, 7) is 0. The molecule has 0 unspecified atom stereocenters. The van der Waals surface area contributed by atoms with Crippen LogP contribution < -0.4 is 4.74 Å². The second-order valence-corrected chi connectivity index (χ2v) is 7.82. The minimum Gasteiger partial charge on any atom is -0.495 e. The molecule has 2 aliphatic carbocycles. The number of amides is 1. The van der Waals surface area contributed by atoms with Gasteiger partial charge < -0.3 is 9.64 Å². The molecule has 2 aromatic rings. The molecule has 0 spiro atoms. The number of para-hydroxylation sites is 2. The van der Waals surface area contributed by atoms with Crippen LogP contribution in [-0.4, -0.2) is 44.5 Å². The molecule has 0 bridgehead atoms. The van der Waals surface area contributed by atoms with E-state index in [2.05, 4.69) is 21.2 Å². The van der Waals surface area contributed by atoms with E-state index in [9.17, 15) is 4.79 Å². The summed E-state index contributed by atoms with van der Waals surface area (Å²) < 4.78 is 7.31. The Balaban J connectivity index is 1.48. The number of hydrogen-bond donors (Lipinski definition) is 0. The Morgan fingerprint density at radius 3 is 2.93 bits per heavy atom. The molecule has 0 saturated heterocycles. The topological polar surface area (TPSA) is 60.2 Å². The molecule has 0 atom stereocenters. The fourth-order valence-corrected chi connectivity index (χ4v) is 4.26. The first-order valence-corrected chi connectivity index (χ1v) is 10.4. The summed E-state index contributed by atoms with van der Waals surface area (Å²) in [6.07, 6.45) is 10.7. The molecule has 7 heteroatoms. The summed E-state index contributed by atoms with van der Waals surface area (Å²) in [5, 5.41) is 8.94. The average molecular weight is 385 g/mol. The minimum absolute atomic E-state index is 0.172. The van der Waals surface area contributed by atoms with Crippen molar-refractivity contribution in [3.63, 3.8) is 0 Å². The van der Waals surface area contributed by atoms with Gasteiger partial charge in [0.2, 0.25) is 5.91 Å². The second-order valence-electron chi connectivity index (χ2n) is 6.88. The van der Waals surface area contributed by atoms with Gasteiger partial charge in [-0.2, -0.15) is 0 Å². The molecule has 4 rings (SSSR count). The fourth-order valence-electron chi connectivity index (χ4n) is 3.48. The first-order valence-electron chi connectivity index (χ1n) is 9.45. The normalized spacial score (nSPS) is 16.7. The summed E-state index contributed by atoms with van der Waals surface area (Å²) in [5.74, 6) is 1.28. The smallest absolute Gasteiger partial charge is 0.237 e. The highest BCUT2D eigenvalue weighted by Crippen LogP contribution is 2.35. The highest BCUT2D eigenvalue weighted by Gasteiger charge is 2.35. The number of allylic oxidation sites excluding steroid dienone is 2. The number of nitrogens with zero attached hydrogens (tertiary/aromatic N) is 4. The number of benzene rings is 1. The predicted molar refractivity (Wildman–Crippen MR) is 105 cm³/mol. The van der Waals surface area contributed by atoms with E-state index >= 15 is 0 Å². The monoisotopic (exact) mass is 384 g/mol. The zero-order chi connectivity index (χ0) is 18.6. The van der Waals surface area contributed by atoms with Crippen LogP contribution in [0.15, 0.2) is 47.5 Å². The van der Waals surface area contributed by atoms with Gasteiger partial charge in [-0.1, -0.05) is 30.0 Å². The van der Waals surface area contributed by atoms with Crippen molar-refractivity contribution in [2.75, 3.05) is 12.9 Å². The van der Waals surface area contributed by atoms with Gasteiger partial charge >= 0.3 is 0 Å². The van der Waals surface area contributed by atoms with Crippen molar-refractivity contribution < 1.29 is 9.53 Å². The van der Waals surface area contributed by atoms with Crippen LogP contribution in [-0.2, 0) is 4.79 Å². The van der Waals surface area contributed by atoms with Crippen LogP contribution in [0.1, 0.15) is 38.5 Å². The molecule has 27 heavy (non-hydrogen) atoms. The summed E-state index contributed by atoms with van der Waals surface area (Å²) in [5.41, 5.74) is 2.09. The maximum atomic E-state index is 13.0. The third kappa shape index (κ3) is 4.03. The van der Waals surface area contributed by atoms with Crippen molar-refractivity contribution in [3.8, 4) is 11.4 Å². The van der Waals surface area contributed by atoms with Gasteiger partial charge in [-0.25, -0.2) is 0 Å². The molecular formula is C20H24N4O2S. The number of ether oxygens (including phenoxy) is 1. The lowest BCUT2D eigenvalue weighted by molar-refractivity contribution is -0.127. The van der Waals surface area contributed by atoms with E-state index in [1.165, 1.54) is 30.3 Å². The lowest BCUT2D eigenvalue weighted by Crippen LogP contribution is -2.34. The van der Waals surface area contributed by atoms with Gasteiger partial charge in [0.15, 0.2) is 5.16 Å². The standard InChI is InChI=1S/C20H24N4O2S/c1-26-18-10-6-5-9-17(18)23-14-21-22-20(23)27-13-19(25)24(16-11-12-16)15-7-3-2-4-8-15/h5-7,9-10,14,16H,2-4,8,11-13H2,1H3. The van der Waals surface area contributed by atoms with Crippen molar-refractivity contribution in [1.29, 1.82) is 0 Å². The Morgan fingerprint density at radius 2 is 2.19 bits per heavy atom. The van der Waals surface area contributed by atoms with E-state index in [0.717, 1.165) is 37.1 Å². The van der Waals surface area contributed by atoms with Crippen LogP contribution in [0, 0.1) is 0 Å². The second kappa shape index (κ2) is 8.17. The molecule has 0 radical (unpaired) electrons. The van der Waals surface area contributed by atoms with Gasteiger partial charge in [-0.05, 0) is 50.7 Å². The SMILES string of the molecule is COc1ccccc1-n1cnnc1SCC(=O)N(C1=CCCCC1)C1CC1. The van der Waals surface area contributed by atoms with Crippen LogP contribution in [0.4, 0.5) is 0 Å². The van der Waals surface area contributed by atoms with Crippen LogP contribution in [0.2, 0.25) is 0 Å². The van der Waals surface area contributed by atoms with E-state index in [1.807, 2.05) is 28.8 Å². The number of methoxy groups -OCH3 is 1. The predicted octanol–water partition coefficient (Wildman–Crippen LogP) is 3.82. The largest absolute Gasteiger partial charge is 0.495 e. The summed E-state index contributed by atoms with van der Waals surface area (Å²) in [4.78, 5) is 15.0. The number of rotatable bonds is 7. The van der Waals surface area contributed by atoms with E-state index in [0.29, 0.717) is 17.0 Å². The maximum absolute atomic E-state index is 13.0.